The fourth-order valence-corrected chi connectivity index (χ4v) is 1.33. The molecule has 2 aromatic rings. The number of nitrogens with zero attached hydrogens (tertiary/aromatic N) is 1. The molecule has 0 saturated heterocycles. The quantitative estimate of drug-likeness (QED) is 0.783. The van der Waals surface area contributed by atoms with Crippen molar-refractivity contribution < 1.29 is 3.84 Å². The van der Waals surface area contributed by atoms with E-state index in [2.05, 4.69) is 56.8 Å². The van der Waals surface area contributed by atoms with Crippen molar-refractivity contribution in [3.05, 3.63) is 66.0 Å². The van der Waals surface area contributed by atoms with E-state index < -0.39 is 0 Å². The van der Waals surface area contributed by atoms with E-state index in [1.807, 2.05) is 30.6 Å². The normalized spacial score (nSPS) is 8.59. The molecule has 0 N–H and O–H groups in total. The molecule has 90 valence electrons. The van der Waals surface area contributed by atoms with Gasteiger partial charge in [0.1, 0.15) is 0 Å². The fraction of sp³-hybridized carbons (Fsp3) is 0.0833. The summed E-state index contributed by atoms with van der Waals surface area (Å²) in [5, 5.41) is 0. The standard InChI is InChI=1S/C12H11N.Cl2O.Se/c1-2-4-11(5-3-1)10-12-6-8-13-9-7-12;1-3-2;/h1-9H,10H2;;. The van der Waals surface area contributed by atoms with Crippen molar-refractivity contribution in [2.45, 2.75) is 6.42 Å². The minimum atomic E-state index is 0. The zero-order chi connectivity index (χ0) is 11.6. The van der Waals surface area contributed by atoms with Gasteiger partial charge in [0.2, 0.25) is 0 Å². The Balaban J connectivity index is 0.000000583. The maximum Gasteiger partial charge on any atom is 0.0832 e. The van der Waals surface area contributed by atoms with Gasteiger partial charge in [0.05, 0.1) is 23.7 Å². The van der Waals surface area contributed by atoms with Crippen LogP contribution in [-0.4, -0.2) is 22.1 Å². The van der Waals surface area contributed by atoms with E-state index in [4.69, 9.17) is 0 Å². The van der Waals surface area contributed by atoms with Gasteiger partial charge in [-0.05, 0) is 29.7 Å². The molecule has 0 bridgehead atoms. The Morgan fingerprint density at radius 1 is 0.882 bits per heavy atom. The summed E-state index contributed by atoms with van der Waals surface area (Å²) in [6.07, 6.45) is 4.65. The average Bonchev–Trinajstić information content (AvgIpc) is 2.33. The predicted molar refractivity (Wildman–Crippen MR) is 72.0 cm³/mol. The summed E-state index contributed by atoms with van der Waals surface area (Å²) in [5.74, 6) is 0. The van der Waals surface area contributed by atoms with Crippen LogP contribution in [0.25, 0.3) is 0 Å². The summed E-state index contributed by atoms with van der Waals surface area (Å²) in [6.45, 7) is 0. The van der Waals surface area contributed by atoms with Crippen molar-refractivity contribution in [1.82, 2.24) is 4.98 Å². The molecule has 1 aromatic carbocycles. The van der Waals surface area contributed by atoms with E-state index in [1.54, 1.807) is 0 Å². The van der Waals surface area contributed by atoms with Crippen molar-refractivity contribution in [2.75, 3.05) is 0 Å². The van der Waals surface area contributed by atoms with Crippen LogP contribution in [0.5, 0.6) is 0 Å². The van der Waals surface area contributed by atoms with Gasteiger partial charge in [-0.25, -0.2) is 0 Å². The molecule has 0 amide bonds. The van der Waals surface area contributed by atoms with E-state index in [-0.39, 0.29) is 17.1 Å². The van der Waals surface area contributed by atoms with E-state index in [1.165, 1.54) is 11.1 Å². The Kier molecular flexibility index (Phi) is 10.2. The van der Waals surface area contributed by atoms with Crippen LogP contribution in [0.1, 0.15) is 11.1 Å². The molecule has 1 heterocycles. The summed E-state index contributed by atoms with van der Waals surface area (Å²) in [7, 11) is 0. The fourth-order valence-electron chi connectivity index (χ4n) is 1.33. The summed E-state index contributed by atoms with van der Waals surface area (Å²) in [4.78, 5) is 3.99. The van der Waals surface area contributed by atoms with Gasteiger partial charge in [0, 0.05) is 29.5 Å². The second-order valence-electron chi connectivity index (χ2n) is 3.08. The van der Waals surface area contributed by atoms with Crippen LogP contribution in [-0.2, 0) is 10.3 Å². The zero-order valence-electron chi connectivity index (χ0n) is 8.92. The van der Waals surface area contributed by atoms with E-state index in [0.29, 0.717) is 0 Å². The first kappa shape index (κ1) is 16.4. The van der Waals surface area contributed by atoms with Gasteiger partial charge in [-0.15, -0.1) is 0 Å². The second-order valence-corrected chi connectivity index (χ2v) is 3.54. The van der Waals surface area contributed by atoms with Crippen LogP contribution in [0.4, 0.5) is 0 Å². The summed E-state index contributed by atoms with van der Waals surface area (Å²) in [6, 6.07) is 14.5. The van der Waals surface area contributed by atoms with Crippen LogP contribution < -0.4 is 0 Å². The number of hydrogen-bond donors (Lipinski definition) is 0. The maximum atomic E-state index is 4.26. The molecule has 0 aliphatic heterocycles. The first-order chi connectivity index (χ1) is 7.86. The Bertz CT molecular complexity index is 349. The van der Waals surface area contributed by atoms with Crippen LogP contribution in [0.2, 0.25) is 0 Å². The molecule has 1 aromatic heterocycles. The molecule has 0 aliphatic rings. The number of aromatic nitrogens is 1. The molecule has 2 nitrogen and oxygen atoms in total. The Morgan fingerprint density at radius 3 is 1.88 bits per heavy atom. The predicted octanol–water partition coefficient (Wildman–Crippen LogP) is 3.60. The zero-order valence-corrected chi connectivity index (χ0v) is 12.1. The molecule has 5 heteroatoms. The molecule has 0 fully saturated rings. The van der Waals surface area contributed by atoms with E-state index in [0.717, 1.165) is 6.42 Å². The van der Waals surface area contributed by atoms with Crippen LogP contribution in [0, 0.1) is 0 Å². The third kappa shape index (κ3) is 7.37. The largest absolute Gasteiger partial charge is 0.265 e. The summed E-state index contributed by atoms with van der Waals surface area (Å²) < 4.78 is 3.19. The first-order valence-corrected chi connectivity index (χ1v) is 5.30. The topological polar surface area (TPSA) is 22.1 Å². The number of pyridine rings is 1. The molecule has 2 rings (SSSR count). The molecule has 0 spiro atoms. The molecule has 0 unspecified atom stereocenters. The number of rotatable bonds is 2. The van der Waals surface area contributed by atoms with Crippen LogP contribution in [0.15, 0.2) is 54.9 Å². The Hall–Kier alpha value is -0.571. The molecule has 0 aliphatic carbocycles. The number of benzene rings is 1. The molecular formula is C12H11Cl2NOSe. The molecular weight excluding hydrogens is 324 g/mol. The van der Waals surface area contributed by atoms with Crippen molar-refractivity contribution >= 4 is 40.8 Å². The second kappa shape index (κ2) is 10.6. The van der Waals surface area contributed by atoms with Crippen LogP contribution >= 0.6 is 23.7 Å². The van der Waals surface area contributed by atoms with Gasteiger partial charge < -0.3 is 0 Å². The van der Waals surface area contributed by atoms with Crippen LogP contribution in [0.3, 0.4) is 0 Å². The monoisotopic (exact) mass is 335 g/mol. The molecule has 2 radical (unpaired) electrons. The SMILES string of the molecule is ClOCl.[Se].c1ccc(Cc2ccncc2)cc1. The third-order valence-corrected chi connectivity index (χ3v) is 2.00. The summed E-state index contributed by atoms with van der Waals surface area (Å²) in [5.41, 5.74) is 2.65. The van der Waals surface area contributed by atoms with E-state index in [9.17, 15) is 0 Å². The van der Waals surface area contributed by atoms with Gasteiger partial charge in [-0.3, -0.25) is 4.98 Å². The van der Waals surface area contributed by atoms with Gasteiger partial charge in [0.15, 0.2) is 0 Å². The molecule has 0 saturated carbocycles. The van der Waals surface area contributed by atoms with E-state index >= 15 is 0 Å². The number of hydrogen-bond acceptors (Lipinski definition) is 2. The van der Waals surface area contributed by atoms with Crippen molar-refractivity contribution in [3.63, 3.8) is 0 Å². The maximum absolute atomic E-state index is 4.26. The Morgan fingerprint density at radius 2 is 1.35 bits per heavy atom. The third-order valence-electron chi connectivity index (χ3n) is 2.00. The smallest absolute Gasteiger partial charge is 0.0832 e. The number of halogens is 2. The summed E-state index contributed by atoms with van der Waals surface area (Å²) >= 11 is 8.53. The van der Waals surface area contributed by atoms with Gasteiger partial charge >= 0.3 is 0 Å². The minimum absolute atomic E-state index is 0. The molecule has 17 heavy (non-hydrogen) atoms. The Labute approximate surface area is 122 Å². The minimum Gasteiger partial charge on any atom is -0.265 e. The average molecular weight is 335 g/mol. The van der Waals surface area contributed by atoms with Crippen molar-refractivity contribution in [1.29, 1.82) is 0 Å². The molecule has 0 atom stereocenters. The van der Waals surface area contributed by atoms with Crippen molar-refractivity contribution in [2.24, 2.45) is 0 Å². The van der Waals surface area contributed by atoms with Gasteiger partial charge in [-0.1, -0.05) is 30.3 Å². The van der Waals surface area contributed by atoms with Gasteiger partial charge in [-0.2, -0.15) is 3.84 Å². The van der Waals surface area contributed by atoms with Crippen molar-refractivity contribution in [3.8, 4) is 0 Å². The van der Waals surface area contributed by atoms with Gasteiger partial charge in [0.25, 0.3) is 0 Å². The first-order valence-electron chi connectivity index (χ1n) is 4.69.